The lowest BCUT2D eigenvalue weighted by atomic mass is 10.3. The van der Waals surface area contributed by atoms with Gasteiger partial charge in [0.15, 0.2) is 0 Å². The summed E-state index contributed by atoms with van der Waals surface area (Å²) in [6, 6.07) is 8.41. The first-order valence-corrected chi connectivity index (χ1v) is 6.28. The number of hydrogen-bond acceptors (Lipinski definition) is 3. The third-order valence-electron chi connectivity index (χ3n) is 1.49. The molecule has 1 rings (SSSR count). The molecule has 0 unspecified atom stereocenters. The van der Waals surface area contributed by atoms with Gasteiger partial charge in [-0.15, -0.1) is 11.6 Å². The number of benzene rings is 1. The van der Waals surface area contributed by atoms with E-state index in [0.29, 0.717) is 18.1 Å². The van der Waals surface area contributed by atoms with Gasteiger partial charge in [-0.1, -0.05) is 18.2 Å². The smallest absolute Gasteiger partial charge is 0.309 e. The summed E-state index contributed by atoms with van der Waals surface area (Å²) in [5.41, 5.74) is 0. The van der Waals surface area contributed by atoms with Gasteiger partial charge in [-0.2, -0.15) is 8.42 Å². The fourth-order valence-corrected chi connectivity index (χ4v) is 2.17. The van der Waals surface area contributed by atoms with Crippen LogP contribution in [0.25, 0.3) is 0 Å². The van der Waals surface area contributed by atoms with Crippen molar-refractivity contribution in [2.45, 2.75) is 6.42 Å². The van der Waals surface area contributed by atoms with Gasteiger partial charge in [0.2, 0.25) is 0 Å². The Kier molecular flexibility index (Phi) is 4.22. The number of para-hydroxylation sites is 1. The first-order chi connectivity index (χ1) is 6.64. The molecule has 0 radical (unpaired) electrons. The summed E-state index contributed by atoms with van der Waals surface area (Å²) in [6.07, 6.45) is 0.400. The summed E-state index contributed by atoms with van der Waals surface area (Å²) >= 11 is 5.39. The predicted octanol–water partition coefficient (Wildman–Crippen LogP) is 2.02. The van der Waals surface area contributed by atoms with Crippen molar-refractivity contribution < 1.29 is 12.6 Å². The van der Waals surface area contributed by atoms with Gasteiger partial charge in [0.1, 0.15) is 5.75 Å². The van der Waals surface area contributed by atoms with Crippen molar-refractivity contribution in [1.29, 1.82) is 0 Å². The Bertz CT molecular complexity index is 361. The summed E-state index contributed by atoms with van der Waals surface area (Å²) in [5.74, 6) is 0.602. The predicted molar refractivity (Wildman–Crippen MR) is 56.2 cm³/mol. The van der Waals surface area contributed by atoms with Gasteiger partial charge in [0.25, 0.3) is 0 Å². The highest BCUT2D eigenvalue weighted by Crippen LogP contribution is 2.12. The maximum absolute atomic E-state index is 11.3. The largest absolute Gasteiger partial charge is 0.382 e. The van der Waals surface area contributed by atoms with E-state index in [-0.39, 0.29) is 5.75 Å². The van der Waals surface area contributed by atoms with Crippen molar-refractivity contribution in [2.75, 3.05) is 11.6 Å². The average molecular weight is 235 g/mol. The Hall–Kier alpha value is -0.740. The zero-order chi connectivity index (χ0) is 10.4. The molecule has 0 spiro atoms. The third kappa shape index (κ3) is 3.98. The molecule has 78 valence electrons. The highest BCUT2D eigenvalue weighted by atomic mass is 35.5. The zero-order valence-electron chi connectivity index (χ0n) is 7.52. The topological polar surface area (TPSA) is 43.4 Å². The van der Waals surface area contributed by atoms with Gasteiger partial charge >= 0.3 is 10.1 Å². The van der Waals surface area contributed by atoms with Crippen molar-refractivity contribution >= 4 is 21.7 Å². The minimum absolute atomic E-state index is 0.0502. The minimum atomic E-state index is -3.48. The molecule has 0 bridgehead atoms. The number of halogens is 1. The first-order valence-electron chi connectivity index (χ1n) is 4.17. The summed E-state index contributed by atoms with van der Waals surface area (Å²) in [7, 11) is -3.48. The molecule has 0 saturated carbocycles. The lowest BCUT2D eigenvalue weighted by Gasteiger charge is -2.05. The minimum Gasteiger partial charge on any atom is -0.382 e. The maximum Gasteiger partial charge on any atom is 0.309 e. The van der Waals surface area contributed by atoms with E-state index in [2.05, 4.69) is 0 Å². The summed E-state index contributed by atoms with van der Waals surface area (Å²) in [6.45, 7) is 0. The fraction of sp³-hybridized carbons (Fsp3) is 0.333. The van der Waals surface area contributed by atoms with Crippen molar-refractivity contribution in [1.82, 2.24) is 0 Å². The Balaban J connectivity index is 2.60. The van der Waals surface area contributed by atoms with Gasteiger partial charge in [-0.3, -0.25) is 0 Å². The van der Waals surface area contributed by atoms with E-state index in [4.69, 9.17) is 15.8 Å². The normalized spacial score (nSPS) is 11.2. The lowest BCUT2D eigenvalue weighted by Crippen LogP contribution is -2.13. The summed E-state index contributed by atoms with van der Waals surface area (Å²) in [4.78, 5) is 0. The molecule has 0 fully saturated rings. The summed E-state index contributed by atoms with van der Waals surface area (Å²) in [5, 5.41) is 0. The molecule has 0 atom stereocenters. The molecule has 0 heterocycles. The van der Waals surface area contributed by atoms with Crippen LogP contribution in [0.1, 0.15) is 6.42 Å². The quantitative estimate of drug-likeness (QED) is 0.578. The van der Waals surface area contributed by atoms with Crippen LogP contribution >= 0.6 is 11.6 Å². The van der Waals surface area contributed by atoms with E-state index in [0.717, 1.165) is 0 Å². The standard InChI is InChI=1S/C9H11ClO3S/c10-7-4-8-14(11,12)13-9-5-2-1-3-6-9/h1-3,5-6H,4,7-8H2. The molecule has 0 aliphatic carbocycles. The zero-order valence-corrected chi connectivity index (χ0v) is 9.09. The Morgan fingerprint density at radius 1 is 1.21 bits per heavy atom. The Labute approximate surface area is 88.8 Å². The molecule has 3 nitrogen and oxygen atoms in total. The van der Waals surface area contributed by atoms with Crippen LogP contribution < -0.4 is 4.18 Å². The van der Waals surface area contributed by atoms with Crippen molar-refractivity contribution in [3.63, 3.8) is 0 Å². The SMILES string of the molecule is O=S(=O)(CCCCl)Oc1ccccc1. The Morgan fingerprint density at radius 3 is 2.43 bits per heavy atom. The second-order valence-corrected chi connectivity index (χ2v) is 4.77. The molecule has 0 N–H and O–H groups in total. The van der Waals surface area contributed by atoms with Crippen LogP contribution in [-0.4, -0.2) is 20.1 Å². The molecule has 1 aromatic carbocycles. The third-order valence-corrected chi connectivity index (χ3v) is 3.00. The molecular formula is C9H11ClO3S. The second kappa shape index (κ2) is 5.22. The van der Waals surface area contributed by atoms with Crippen LogP contribution in [0.3, 0.4) is 0 Å². The second-order valence-electron chi connectivity index (χ2n) is 2.70. The highest BCUT2D eigenvalue weighted by molar-refractivity contribution is 7.87. The average Bonchev–Trinajstić information content (AvgIpc) is 2.16. The van der Waals surface area contributed by atoms with Crippen LogP contribution in [-0.2, 0) is 10.1 Å². The summed E-state index contributed by atoms with van der Waals surface area (Å²) < 4.78 is 27.4. The Morgan fingerprint density at radius 2 is 1.86 bits per heavy atom. The number of rotatable bonds is 5. The molecule has 0 amide bonds. The van der Waals surface area contributed by atoms with E-state index in [9.17, 15) is 8.42 Å². The van der Waals surface area contributed by atoms with E-state index in [1.807, 2.05) is 0 Å². The van der Waals surface area contributed by atoms with E-state index >= 15 is 0 Å². The van der Waals surface area contributed by atoms with Crippen LogP contribution in [0.15, 0.2) is 30.3 Å². The molecule has 14 heavy (non-hydrogen) atoms. The maximum atomic E-state index is 11.3. The molecule has 0 aliphatic rings. The van der Waals surface area contributed by atoms with Gasteiger partial charge in [-0.25, -0.2) is 0 Å². The van der Waals surface area contributed by atoms with Crippen molar-refractivity contribution in [3.8, 4) is 5.75 Å². The van der Waals surface area contributed by atoms with Gasteiger partial charge in [0.05, 0.1) is 5.75 Å². The molecule has 5 heteroatoms. The van der Waals surface area contributed by atoms with E-state index in [1.165, 1.54) is 0 Å². The van der Waals surface area contributed by atoms with Crippen molar-refractivity contribution in [3.05, 3.63) is 30.3 Å². The van der Waals surface area contributed by atoms with E-state index in [1.54, 1.807) is 30.3 Å². The first kappa shape index (κ1) is 11.3. The molecule has 0 aliphatic heterocycles. The van der Waals surface area contributed by atoms with E-state index < -0.39 is 10.1 Å². The molecule has 0 saturated heterocycles. The van der Waals surface area contributed by atoms with Crippen molar-refractivity contribution in [2.24, 2.45) is 0 Å². The van der Waals surface area contributed by atoms with Crippen LogP contribution in [0.5, 0.6) is 5.75 Å². The monoisotopic (exact) mass is 234 g/mol. The van der Waals surface area contributed by atoms with Crippen LogP contribution in [0.4, 0.5) is 0 Å². The van der Waals surface area contributed by atoms with Crippen LogP contribution in [0.2, 0.25) is 0 Å². The number of hydrogen-bond donors (Lipinski definition) is 0. The lowest BCUT2D eigenvalue weighted by molar-refractivity contribution is 0.485. The van der Waals surface area contributed by atoms with Gasteiger partial charge < -0.3 is 4.18 Å². The fourth-order valence-electron chi connectivity index (χ4n) is 0.896. The van der Waals surface area contributed by atoms with Crippen LogP contribution in [0, 0.1) is 0 Å². The highest BCUT2D eigenvalue weighted by Gasteiger charge is 2.11. The van der Waals surface area contributed by atoms with Gasteiger partial charge in [0, 0.05) is 5.88 Å². The molecule has 0 aromatic heterocycles. The molecule has 1 aromatic rings. The number of alkyl halides is 1. The van der Waals surface area contributed by atoms with Gasteiger partial charge in [-0.05, 0) is 18.6 Å². The molecular weight excluding hydrogens is 224 g/mol.